The number of hydrogen-bond acceptors (Lipinski definition) is 8. The van der Waals surface area contributed by atoms with Crippen LogP contribution in [0.3, 0.4) is 0 Å². The number of carbonyl (C=O) groups is 3. The highest BCUT2D eigenvalue weighted by Gasteiger charge is 2.39. The van der Waals surface area contributed by atoms with Gasteiger partial charge in [0.05, 0.1) is 11.4 Å². The molecule has 3 aromatic rings. The van der Waals surface area contributed by atoms with Crippen LogP contribution in [0.15, 0.2) is 39.8 Å². The number of rotatable bonds is 7. The van der Waals surface area contributed by atoms with Crippen LogP contribution in [0.1, 0.15) is 98.4 Å². The van der Waals surface area contributed by atoms with Crippen molar-refractivity contribution in [3.63, 3.8) is 0 Å². The van der Waals surface area contributed by atoms with Gasteiger partial charge < -0.3 is 13.9 Å². The molecule has 5 rings (SSSR count). The van der Waals surface area contributed by atoms with Crippen LogP contribution >= 0.6 is 12.4 Å². The lowest BCUT2D eigenvalue weighted by Gasteiger charge is -2.29. The van der Waals surface area contributed by atoms with E-state index < -0.39 is 11.9 Å². The fourth-order valence-corrected chi connectivity index (χ4v) is 5.61. The molecule has 2 aromatic heterocycles. The van der Waals surface area contributed by atoms with E-state index in [-0.39, 0.29) is 41.5 Å². The average molecular weight is 584 g/mol. The van der Waals surface area contributed by atoms with Crippen molar-refractivity contribution in [3.8, 4) is 0 Å². The van der Waals surface area contributed by atoms with Gasteiger partial charge in [0.25, 0.3) is 5.91 Å². The second kappa shape index (κ2) is 11.4. The molecule has 0 aliphatic carbocycles. The van der Waals surface area contributed by atoms with Crippen LogP contribution in [0, 0.1) is 0 Å². The number of hydrogen-bond donors (Lipinski definition) is 1. The number of amides is 3. The van der Waals surface area contributed by atoms with Crippen LogP contribution < -0.4 is 5.32 Å². The van der Waals surface area contributed by atoms with Crippen molar-refractivity contribution in [3.05, 3.63) is 69.9 Å². The van der Waals surface area contributed by atoms with Gasteiger partial charge in [0.15, 0.2) is 0 Å². The summed E-state index contributed by atoms with van der Waals surface area (Å²) >= 11 is 0. The van der Waals surface area contributed by atoms with Gasteiger partial charge >= 0.3 is 0 Å². The topological polar surface area (TPSA) is 122 Å². The molecule has 0 radical (unpaired) electrons. The molecule has 1 fully saturated rings. The first-order valence-corrected chi connectivity index (χ1v) is 13.7. The molecule has 0 bridgehead atoms. The third-order valence-corrected chi connectivity index (χ3v) is 7.49. The highest BCUT2D eigenvalue weighted by molar-refractivity contribution is 6.05. The van der Waals surface area contributed by atoms with E-state index in [1.165, 1.54) is 0 Å². The molecule has 1 aromatic carbocycles. The number of aromatic nitrogens is 2. The largest absolute Gasteiger partial charge is 0.364 e. The summed E-state index contributed by atoms with van der Waals surface area (Å²) in [6.45, 7) is 14.8. The number of piperidine rings is 1. The lowest BCUT2D eigenvalue weighted by molar-refractivity contribution is -0.136. The maximum absolute atomic E-state index is 13.2. The van der Waals surface area contributed by atoms with Gasteiger partial charge in [-0.25, -0.2) is 0 Å². The Kier molecular flexibility index (Phi) is 8.47. The Morgan fingerprint density at radius 2 is 1.51 bits per heavy atom. The predicted molar refractivity (Wildman–Crippen MR) is 153 cm³/mol. The van der Waals surface area contributed by atoms with E-state index in [2.05, 4.69) is 62.1 Å². The van der Waals surface area contributed by atoms with Crippen LogP contribution in [0.25, 0.3) is 0 Å². The lowest BCUT2D eigenvalue weighted by atomic mass is 9.88. The van der Waals surface area contributed by atoms with Crippen molar-refractivity contribution >= 4 is 30.1 Å². The first-order valence-electron chi connectivity index (χ1n) is 13.7. The number of nitrogens with zero attached hydrogens (tertiary/aromatic N) is 4. The minimum atomic E-state index is -0.633. The minimum absolute atomic E-state index is 0. The molecule has 11 heteroatoms. The van der Waals surface area contributed by atoms with Crippen LogP contribution in [-0.4, -0.2) is 43.9 Å². The van der Waals surface area contributed by atoms with Gasteiger partial charge in [-0.2, -0.15) is 0 Å². The molecule has 1 atom stereocenters. The fourth-order valence-electron chi connectivity index (χ4n) is 5.61. The van der Waals surface area contributed by atoms with Crippen molar-refractivity contribution in [1.29, 1.82) is 0 Å². The molecular weight excluding hydrogens is 546 g/mol. The van der Waals surface area contributed by atoms with Gasteiger partial charge in [-0.3, -0.25) is 24.6 Å². The van der Waals surface area contributed by atoms with E-state index in [4.69, 9.17) is 9.05 Å². The van der Waals surface area contributed by atoms with Gasteiger partial charge in [0, 0.05) is 60.1 Å². The third-order valence-electron chi connectivity index (χ3n) is 7.49. The van der Waals surface area contributed by atoms with Crippen LogP contribution in [0.4, 0.5) is 0 Å². The Bertz CT molecular complexity index is 1390. The summed E-state index contributed by atoms with van der Waals surface area (Å²) in [6, 6.07) is 5.22. The molecule has 10 nitrogen and oxygen atoms in total. The van der Waals surface area contributed by atoms with Crippen molar-refractivity contribution in [2.24, 2.45) is 0 Å². The zero-order chi connectivity index (χ0) is 28.8. The van der Waals surface area contributed by atoms with E-state index in [0.29, 0.717) is 38.2 Å². The van der Waals surface area contributed by atoms with Gasteiger partial charge in [-0.15, -0.1) is 12.4 Å². The SMILES string of the molecule is CC(C)(C)c1nocc1CN(Cc1ccc2c(c1)CN(C1CCC(=O)NC1=O)C2=O)Cc1conc1C(C)(C)C.Cl. The summed E-state index contributed by atoms with van der Waals surface area (Å²) in [7, 11) is 0. The van der Waals surface area contributed by atoms with Crippen LogP contribution in [0.2, 0.25) is 0 Å². The Hall–Kier alpha value is -3.50. The summed E-state index contributed by atoms with van der Waals surface area (Å²) in [6.07, 6.45) is 4.00. The molecule has 2 aliphatic heterocycles. The van der Waals surface area contributed by atoms with E-state index >= 15 is 0 Å². The number of imide groups is 1. The third kappa shape index (κ3) is 6.38. The van der Waals surface area contributed by atoms with Crippen molar-refractivity contribution in [2.45, 2.75) is 97.4 Å². The zero-order valence-corrected chi connectivity index (χ0v) is 25.3. The number of nitrogens with one attached hydrogen (secondary N) is 1. The molecule has 1 saturated heterocycles. The fraction of sp³-hybridized carbons (Fsp3) is 0.500. The van der Waals surface area contributed by atoms with Crippen molar-refractivity contribution in [1.82, 2.24) is 25.4 Å². The first-order chi connectivity index (χ1) is 18.8. The Balaban J connectivity index is 0.00000387. The number of benzene rings is 1. The highest BCUT2D eigenvalue weighted by Crippen LogP contribution is 2.31. The maximum Gasteiger partial charge on any atom is 0.255 e. The van der Waals surface area contributed by atoms with Crippen LogP contribution in [0.5, 0.6) is 0 Å². The molecular formula is C30H38ClN5O5. The Morgan fingerprint density at radius 3 is 2.05 bits per heavy atom. The van der Waals surface area contributed by atoms with Crippen LogP contribution in [-0.2, 0) is 46.6 Å². The first kappa shape index (κ1) is 30.5. The standard InChI is InChI=1S/C30H37N5O5.ClH/c1-29(2,3)25-20(16-39-32-25)13-34(14-21-17-40-33-26(21)30(4,5)6)12-18-7-8-22-19(11-18)15-35(28(22)38)23-9-10-24(36)31-27(23)37;/h7-8,11,16-17,23H,9-10,12-15H2,1-6H3,(H,31,36,37);1H. The smallest absolute Gasteiger partial charge is 0.255 e. The molecule has 0 saturated carbocycles. The zero-order valence-electron chi connectivity index (χ0n) is 24.4. The van der Waals surface area contributed by atoms with Crippen molar-refractivity contribution < 1.29 is 23.4 Å². The molecule has 3 amide bonds. The van der Waals surface area contributed by atoms with Gasteiger partial charge in [-0.1, -0.05) is 64.0 Å². The summed E-state index contributed by atoms with van der Waals surface area (Å²) in [5, 5.41) is 10.9. The Morgan fingerprint density at radius 1 is 0.927 bits per heavy atom. The molecule has 2 aliphatic rings. The molecule has 0 spiro atoms. The molecule has 4 heterocycles. The molecule has 220 valence electrons. The van der Waals surface area contributed by atoms with E-state index in [1.54, 1.807) is 17.4 Å². The second-order valence-electron chi connectivity index (χ2n) is 12.9. The average Bonchev–Trinajstić information content (AvgIpc) is 3.58. The van der Waals surface area contributed by atoms with E-state index in [1.807, 2.05) is 18.2 Å². The van der Waals surface area contributed by atoms with Gasteiger partial charge in [0.1, 0.15) is 18.6 Å². The normalized spacial score (nSPS) is 17.6. The molecule has 1 N–H and O–H groups in total. The Labute approximate surface area is 246 Å². The van der Waals surface area contributed by atoms with Gasteiger partial charge in [-0.05, 0) is 23.6 Å². The van der Waals surface area contributed by atoms with Crippen molar-refractivity contribution in [2.75, 3.05) is 0 Å². The number of halogens is 1. The summed E-state index contributed by atoms with van der Waals surface area (Å²) in [4.78, 5) is 41.1. The minimum Gasteiger partial charge on any atom is -0.364 e. The summed E-state index contributed by atoms with van der Waals surface area (Å²) < 4.78 is 10.8. The summed E-state index contributed by atoms with van der Waals surface area (Å²) in [5.41, 5.74) is 6.04. The predicted octanol–water partition coefficient (Wildman–Crippen LogP) is 4.64. The highest BCUT2D eigenvalue weighted by atomic mass is 35.5. The molecule has 41 heavy (non-hydrogen) atoms. The summed E-state index contributed by atoms with van der Waals surface area (Å²) in [5.74, 6) is -0.875. The molecule has 1 unspecified atom stereocenters. The lowest BCUT2D eigenvalue weighted by Crippen LogP contribution is -2.52. The quantitative estimate of drug-likeness (QED) is 0.399. The second-order valence-corrected chi connectivity index (χ2v) is 12.9. The maximum atomic E-state index is 13.2. The number of fused-ring (bicyclic) bond motifs is 1. The van der Waals surface area contributed by atoms with E-state index in [0.717, 1.165) is 33.6 Å². The van der Waals surface area contributed by atoms with Gasteiger partial charge in [0.2, 0.25) is 11.8 Å². The van der Waals surface area contributed by atoms with E-state index in [9.17, 15) is 14.4 Å². The number of carbonyl (C=O) groups excluding carboxylic acids is 3. The monoisotopic (exact) mass is 583 g/mol.